The van der Waals surface area contributed by atoms with Crippen molar-refractivity contribution in [2.24, 2.45) is 10.7 Å². The van der Waals surface area contributed by atoms with Crippen molar-refractivity contribution in [2.45, 2.75) is 0 Å². The summed E-state index contributed by atoms with van der Waals surface area (Å²) in [5.41, 5.74) is 6.86. The minimum absolute atomic E-state index is 0.0269. The molecule has 0 aliphatic rings. The first-order chi connectivity index (χ1) is 8.15. The zero-order valence-corrected chi connectivity index (χ0v) is 10.2. The van der Waals surface area contributed by atoms with Crippen LogP contribution in [-0.4, -0.2) is 31.3 Å². The number of hydrogen-bond acceptors (Lipinski definition) is 3. The molecule has 1 aromatic rings. The maximum absolute atomic E-state index is 11.2. The van der Waals surface area contributed by atoms with Gasteiger partial charge in [0.1, 0.15) is 12.4 Å². The van der Waals surface area contributed by atoms with E-state index in [1.54, 1.807) is 24.3 Å². The van der Waals surface area contributed by atoms with E-state index in [0.717, 1.165) is 0 Å². The number of ether oxygens (including phenoxy) is 1. The lowest BCUT2D eigenvalue weighted by molar-refractivity contribution is -0.119. The van der Waals surface area contributed by atoms with Crippen LogP contribution in [-0.2, 0) is 9.53 Å². The van der Waals surface area contributed by atoms with Crippen LogP contribution in [0.15, 0.2) is 29.3 Å². The molecule has 0 saturated heterocycles. The fraction of sp³-hybridized carbons (Fsp3) is 0.273. The topological polar surface area (TPSA) is 76.7 Å². The Morgan fingerprint density at radius 1 is 1.47 bits per heavy atom. The maximum Gasteiger partial charge on any atom is 0.250 e. The number of benzene rings is 1. The molecule has 0 aliphatic heterocycles. The van der Waals surface area contributed by atoms with Gasteiger partial charge in [0.15, 0.2) is 0 Å². The van der Waals surface area contributed by atoms with Gasteiger partial charge in [-0.2, -0.15) is 0 Å². The van der Waals surface area contributed by atoms with Crippen molar-refractivity contribution in [3.63, 3.8) is 0 Å². The first-order valence-corrected chi connectivity index (χ1v) is 5.47. The average Bonchev–Trinajstić information content (AvgIpc) is 2.32. The zero-order valence-electron chi connectivity index (χ0n) is 9.44. The average molecular weight is 256 g/mol. The van der Waals surface area contributed by atoms with Gasteiger partial charge in [-0.1, -0.05) is 0 Å². The third-order valence-electron chi connectivity index (χ3n) is 1.84. The van der Waals surface area contributed by atoms with Crippen molar-refractivity contribution in [3.05, 3.63) is 24.3 Å². The molecule has 1 aromatic carbocycles. The smallest absolute Gasteiger partial charge is 0.250 e. The Morgan fingerprint density at radius 2 is 2.12 bits per heavy atom. The second-order valence-corrected chi connectivity index (χ2v) is 3.53. The summed E-state index contributed by atoms with van der Waals surface area (Å²) in [5, 5.41) is 2.67. The van der Waals surface area contributed by atoms with Crippen molar-refractivity contribution >= 4 is 34.7 Å². The minimum atomic E-state index is -0.205. The summed E-state index contributed by atoms with van der Waals surface area (Å²) in [7, 11) is 1.46. The largest absolute Gasteiger partial charge is 0.386 e. The van der Waals surface area contributed by atoms with Gasteiger partial charge in [0, 0.05) is 12.8 Å². The summed E-state index contributed by atoms with van der Waals surface area (Å²) in [6.45, 7) is 0.0269. The molecule has 0 atom stereocenters. The third kappa shape index (κ3) is 4.84. The van der Waals surface area contributed by atoms with E-state index in [2.05, 4.69) is 10.3 Å². The first-order valence-electron chi connectivity index (χ1n) is 4.93. The molecule has 92 valence electrons. The molecular weight excluding hydrogens is 242 g/mol. The fourth-order valence-electron chi connectivity index (χ4n) is 1.14. The fourth-order valence-corrected chi connectivity index (χ4v) is 1.20. The quantitative estimate of drug-likeness (QED) is 0.476. The number of alkyl halides is 1. The second kappa shape index (κ2) is 6.88. The van der Waals surface area contributed by atoms with E-state index in [9.17, 15) is 4.79 Å². The number of nitrogens with zero attached hydrogens (tertiary/aromatic N) is 1. The van der Waals surface area contributed by atoms with Gasteiger partial charge in [-0.3, -0.25) is 4.79 Å². The van der Waals surface area contributed by atoms with Crippen molar-refractivity contribution < 1.29 is 9.53 Å². The molecule has 0 saturated carbocycles. The number of hydrogen-bond donors (Lipinski definition) is 2. The van der Waals surface area contributed by atoms with Crippen LogP contribution in [0.5, 0.6) is 0 Å². The van der Waals surface area contributed by atoms with Crippen molar-refractivity contribution in [1.82, 2.24) is 0 Å². The molecule has 17 heavy (non-hydrogen) atoms. The Kier molecular flexibility index (Phi) is 5.45. The van der Waals surface area contributed by atoms with Crippen molar-refractivity contribution in [3.8, 4) is 0 Å². The van der Waals surface area contributed by atoms with Gasteiger partial charge in [0.25, 0.3) is 0 Å². The highest BCUT2D eigenvalue weighted by atomic mass is 35.5. The highest BCUT2D eigenvalue weighted by Crippen LogP contribution is 2.16. The highest BCUT2D eigenvalue weighted by Gasteiger charge is 2.00. The summed E-state index contributed by atoms with van der Waals surface area (Å²) in [6, 6.07) is 6.94. The number of carbonyl (C=O) groups excluding carboxylic acids is 1. The van der Waals surface area contributed by atoms with Crippen LogP contribution < -0.4 is 11.1 Å². The lowest BCUT2D eigenvalue weighted by Crippen LogP contribution is -2.16. The number of amidine groups is 1. The van der Waals surface area contributed by atoms with E-state index in [1.807, 2.05) is 0 Å². The molecule has 0 aliphatic carbocycles. The Labute approximate surface area is 105 Å². The number of rotatable bonds is 5. The molecule has 0 bridgehead atoms. The Morgan fingerprint density at radius 3 is 2.65 bits per heavy atom. The van der Waals surface area contributed by atoms with Crippen LogP contribution in [0.3, 0.4) is 0 Å². The zero-order chi connectivity index (χ0) is 12.7. The van der Waals surface area contributed by atoms with E-state index in [4.69, 9.17) is 22.1 Å². The van der Waals surface area contributed by atoms with E-state index >= 15 is 0 Å². The molecule has 5 nitrogen and oxygen atoms in total. The van der Waals surface area contributed by atoms with Crippen LogP contribution in [0, 0.1) is 0 Å². The van der Waals surface area contributed by atoms with Gasteiger partial charge in [0.05, 0.1) is 11.6 Å². The standard InChI is InChI=1S/C11H14ClN3O2/c1-17-7-11(16)15-9-4-2-8(3-5-9)14-10(13)6-12/h2-5H,6-7H2,1H3,(H2,13,14)(H,15,16). The van der Waals surface area contributed by atoms with Gasteiger partial charge in [-0.25, -0.2) is 4.99 Å². The van der Waals surface area contributed by atoms with Gasteiger partial charge >= 0.3 is 0 Å². The molecule has 1 rings (SSSR count). The predicted molar refractivity (Wildman–Crippen MR) is 69.0 cm³/mol. The Hall–Kier alpha value is -1.59. The molecule has 6 heteroatoms. The van der Waals surface area contributed by atoms with Gasteiger partial charge in [-0.15, -0.1) is 11.6 Å². The van der Waals surface area contributed by atoms with Gasteiger partial charge in [0.2, 0.25) is 5.91 Å². The maximum atomic E-state index is 11.2. The molecule has 0 radical (unpaired) electrons. The molecule has 0 heterocycles. The molecule has 1 amide bonds. The SMILES string of the molecule is COCC(=O)Nc1ccc(N=C(N)CCl)cc1. The molecular formula is C11H14ClN3O2. The minimum Gasteiger partial charge on any atom is -0.386 e. The first kappa shape index (κ1) is 13.5. The Bertz CT molecular complexity index is 404. The Balaban J connectivity index is 2.65. The summed E-state index contributed by atoms with van der Waals surface area (Å²) >= 11 is 5.51. The number of nitrogens with two attached hydrogens (primary N) is 1. The number of amides is 1. The van der Waals surface area contributed by atoms with Crippen LogP contribution in [0.1, 0.15) is 0 Å². The van der Waals surface area contributed by atoms with E-state index in [1.165, 1.54) is 7.11 Å². The van der Waals surface area contributed by atoms with Gasteiger partial charge < -0.3 is 15.8 Å². The monoisotopic (exact) mass is 255 g/mol. The van der Waals surface area contributed by atoms with Crippen LogP contribution >= 0.6 is 11.6 Å². The number of aliphatic imine (C=N–C) groups is 1. The second-order valence-electron chi connectivity index (χ2n) is 3.26. The lowest BCUT2D eigenvalue weighted by atomic mass is 10.3. The third-order valence-corrected chi connectivity index (χ3v) is 2.11. The number of nitrogens with one attached hydrogen (secondary N) is 1. The summed E-state index contributed by atoms with van der Waals surface area (Å²) in [6.07, 6.45) is 0. The number of halogens is 1. The van der Waals surface area contributed by atoms with Crippen LogP contribution in [0.2, 0.25) is 0 Å². The lowest BCUT2D eigenvalue weighted by Gasteiger charge is -2.04. The summed E-state index contributed by atoms with van der Waals surface area (Å²) < 4.78 is 4.70. The van der Waals surface area contributed by atoms with Crippen LogP contribution in [0.4, 0.5) is 11.4 Å². The van der Waals surface area contributed by atoms with Crippen molar-refractivity contribution in [1.29, 1.82) is 0 Å². The van der Waals surface area contributed by atoms with Gasteiger partial charge in [-0.05, 0) is 24.3 Å². The molecule has 0 spiro atoms. The van der Waals surface area contributed by atoms with E-state index in [-0.39, 0.29) is 18.4 Å². The predicted octanol–water partition coefficient (Wildman–Crippen LogP) is 1.50. The number of carbonyl (C=O) groups is 1. The number of methoxy groups -OCH3 is 1. The van der Waals surface area contributed by atoms with Crippen molar-refractivity contribution in [2.75, 3.05) is 24.9 Å². The van der Waals surface area contributed by atoms with Crippen LogP contribution in [0.25, 0.3) is 0 Å². The van der Waals surface area contributed by atoms with E-state index in [0.29, 0.717) is 17.2 Å². The molecule has 0 unspecified atom stereocenters. The molecule has 3 N–H and O–H groups in total. The highest BCUT2D eigenvalue weighted by molar-refractivity contribution is 6.28. The normalized spacial score (nSPS) is 11.3. The molecule has 0 fully saturated rings. The number of anilines is 1. The summed E-state index contributed by atoms with van der Waals surface area (Å²) in [5.74, 6) is 0.332. The van der Waals surface area contributed by atoms with E-state index < -0.39 is 0 Å². The summed E-state index contributed by atoms with van der Waals surface area (Å²) in [4.78, 5) is 15.3. The molecule has 0 aromatic heterocycles.